The molecule has 0 unspecified atom stereocenters. The van der Waals surface area contributed by atoms with Gasteiger partial charge < -0.3 is 19.9 Å². The van der Waals surface area contributed by atoms with Crippen LogP contribution in [0.15, 0.2) is 54.6 Å². The van der Waals surface area contributed by atoms with E-state index in [4.69, 9.17) is 4.74 Å². The van der Waals surface area contributed by atoms with Gasteiger partial charge in [-0.2, -0.15) is 0 Å². The lowest BCUT2D eigenvalue weighted by atomic mass is 10.1. The van der Waals surface area contributed by atoms with Crippen molar-refractivity contribution in [3.63, 3.8) is 0 Å². The molecule has 2 aromatic carbocycles. The van der Waals surface area contributed by atoms with Crippen LogP contribution in [0.4, 0.5) is 5.69 Å². The molecule has 0 radical (unpaired) electrons. The summed E-state index contributed by atoms with van der Waals surface area (Å²) in [6, 6.07) is 16.4. The van der Waals surface area contributed by atoms with Gasteiger partial charge in [0, 0.05) is 37.4 Å². The van der Waals surface area contributed by atoms with Gasteiger partial charge in [0.1, 0.15) is 5.75 Å². The molecule has 2 aromatic rings. The van der Waals surface area contributed by atoms with Gasteiger partial charge in [-0.1, -0.05) is 30.3 Å². The summed E-state index contributed by atoms with van der Waals surface area (Å²) >= 11 is 0. The van der Waals surface area contributed by atoms with E-state index in [2.05, 4.69) is 10.2 Å². The number of para-hydroxylation sites is 1. The van der Waals surface area contributed by atoms with E-state index < -0.39 is 11.7 Å². The number of nitrogens with zero attached hydrogens (tertiary/aromatic N) is 2. The Labute approximate surface area is 163 Å². The van der Waals surface area contributed by atoms with Crippen molar-refractivity contribution in [3.05, 3.63) is 60.2 Å². The minimum absolute atomic E-state index is 0.195. The Morgan fingerprint density at radius 3 is 2.36 bits per heavy atom. The van der Waals surface area contributed by atoms with E-state index >= 15 is 0 Å². The maximum absolute atomic E-state index is 12.4. The highest BCUT2D eigenvalue weighted by Gasteiger charge is 2.23. The predicted octanol–water partition coefficient (Wildman–Crippen LogP) is 1.34. The fourth-order valence-electron chi connectivity index (χ4n) is 3.10. The molecule has 7 nitrogen and oxygen atoms in total. The van der Waals surface area contributed by atoms with E-state index in [1.165, 1.54) is 19.2 Å². The van der Waals surface area contributed by atoms with Crippen LogP contribution in [0.1, 0.15) is 10.4 Å². The average Bonchev–Trinajstić information content (AvgIpc) is 2.77. The van der Waals surface area contributed by atoms with Crippen LogP contribution >= 0.6 is 0 Å². The quantitative estimate of drug-likeness (QED) is 0.604. The highest BCUT2D eigenvalue weighted by atomic mass is 16.5. The van der Waals surface area contributed by atoms with E-state index in [1.807, 2.05) is 30.3 Å². The number of benzene rings is 2. The second-order valence-corrected chi connectivity index (χ2v) is 6.45. The van der Waals surface area contributed by atoms with E-state index in [9.17, 15) is 14.4 Å². The van der Waals surface area contributed by atoms with Crippen molar-refractivity contribution in [1.82, 2.24) is 10.2 Å². The molecule has 28 heavy (non-hydrogen) atoms. The molecule has 7 heteroatoms. The number of piperazine rings is 1. The molecular weight excluding hydrogens is 358 g/mol. The first kappa shape index (κ1) is 19.4. The van der Waals surface area contributed by atoms with Crippen LogP contribution in [0.25, 0.3) is 0 Å². The molecule has 0 aromatic heterocycles. The number of Topliss-reactive ketones (excluding diaryl/α,β-unsaturated/α-hetero) is 1. The lowest BCUT2D eigenvalue weighted by Crippen LogP contribution is -2.51. The maximum atomic E-state index is 12.4. The standard InChI is InChI=1S/C21H23N3O4/c1-28-18-9-5-6-16(14-18)20(26)21(27)22-15-19(25)24-12-10-23(11-13-24)17-7-3-2-4-8-17/h2-9,14H,10-13,15H2,1H3,(H,22,27). The molecule has 1 saturated heterocycles. The Kier molecular flexibility index (Phi) is 6.26. The van der Waals surface area contributed by atoms with Crippen molar-refractivity contribution in [2.45, 2.75) is 0 Å². The fourth-order valence-corrected chi connectivity index (χ4v) is 3.10. The lowest BCUT2D eigenvalue weighted by Gasteiger charge is -2.36. The normalized spacial score (nSPS) is 13.8. The highest BCUT2D eigenvalue weighted by molar-refractivity contribution is 6.43. The number of nitrogens with one attached hydrogen (secondary N) is 1. The summed E-state index contributed by atoms with van der Waals surface area (Å²) in [6.45, 7) is 2.42. The number of methoxy groups -OCH3 is 1. The molecular formula is C21H23N3O4. The molecule has 1 N–H and O–H groups in total. The molecule has 0 spiro atoms. The zero-order valence-corrected chi connectivity index (χ0v) is 15.8. The van der Waals surface area contributed by atoms with Crippen molar-refractivity contribution in [1.29, 1.82) is 0 Å². The van der Waals surface area contributed by atoms with E-state index in [-0.39, 0.29) is 18.0 Å². The van der Waals surface area contributed by atoms with Crippen LogP contribution < -0.4 is 15.0 Å². The number of rotatable bonds is 6. The van der Waals surface area contributed by atoms with Gasteiger partial charge >= 0.3 is 0 Å². The number of amides is 2. The number of ether oxygens (including phenoxy) is 1. The van der Waals surface area contributed by atoms with E-state index in [0.29, 0.717) is 18.8 Å². The van der Waals surface area contributed by atoms with Gasteiger partial charge in [-0.3, -0.25) is 14.4 Å². The number of ketones is 1. The third-order valence-corrected chi connectivity index (χ3v) is 4.69. The highest BCUT2D eigenvalue weighted by Crippen LogP contribution is 2.15. The number of carbonyl (C=O) groups excluding carboxylic acids is 3. The lowest BCUT2D eigenvalue weighted by molar-refractivity contribution is -0.132. The van der Waals surface area contributed by atoms with Crippen molar-refractivity contribution in [2.75, 3.05) is 44.7 Å². The second-order valence-electron chi connectivity index (χ2n) is 6.45. The van der Waals surface area contributed by atoms with Crippen LogP contribution in [-0.4, -0.2) is 62.3 Å². The first-order valence-electron chi connectivity index (χ1n) is 9.13. The molecule has 146 valence electrons. The van der Waals surface area contributed by atoms with Crippen molar-refractivity contribution in [3.8, 4) is 5.75 Å². The third-order valence-electron chi connectivity index (χ3n) is 4.69. The summed E-state index contributed by atoms with van der Waals surface area (Å²) in [5.74, 6) is -1.20. The van der Waals surface area contributed by atoms with Gasteiger partial charge in [0.25, 0.3) is 5.91 Å². The SMILES string of the molecule is COc1cccc(C(=O)C(=O)NCC(=O)N2CCN(c3ccccc3)CC2)c1. The van der Waals surface area contributed by atoms with Gasteiger partial charge in [0.15, 0.2) is 0 Å². The minimum atomic E-state index is -0.801. The number of carbonyl (C=O) groups is 3. The van der Waals surface area contributed by atoms with Crippen molar-refractivity contribution >= 4 is 23.3 Å². The largest absolute Gasteiger partial charge is 0.497 e. The third kappa shape index (κ3) is 4.68. The van der Waals surface area contributed by atoms with Crippen LogP contribution in [0.5, 0.6) is 5.75 Å². The molecule has 0 saturated carbocycles. The Hall–Kier alpha value is -3.35. The Balaban J connectivity index is 1.47. The first-order chi connectivity index (χ1) is 13.6. The summed E-state index contributed by atoms with van der Waals surface area (Å²) in [6.07, 6.45) is 0. The number of hydrogen-bond acceptors (Lipinski definition) is 5. The second kappa shape index (κ2) is 9.03. The smallest absolute Gasteiger partial charge is 0.292 e. The Bertz CT molecular complexity index is 846. The fraction of sp³-hybridized carbons (Fsp3) is 0.286. The predicted molar refractivity (Wildman–Crippen MR) is 106 cm³/mol. The molecule has 1 heterocycles. The number of anilines is 1. The molecule has 1 aliphatic heterocycles. The average molecular weight is 381 g/mol. The molecule has 1 aliphatic rings. The Morgan fingerprint density at radius 1 is 0.964 bits per heavy atom. The van der Waals surface area contributed by atoms with Crippen LogP contribution in [0.2, 0.25) is 0 Å². The topological polar surface area (TPSA) is 78.9 Å². The molecule has 0 atom stereocenters. The first-order valence-corrected chi connectivity index (χ1v) is 9.13. The van der Waals surface area contributed by atoms with Gasteiger partial charge in [0.2, 0.25) is 11.7 Å². The minimum Gasteiger partial charge on any atom is -0.497 e. The van der Waals surface area contributed by atoms with Gasteiger partial charge in [-0.25, -0.2) is 0 Å². The Morgan fingerprint density at radius 2 is 1.68 bits per heavy atom. The van der Waals surface area contributed by atoms with Gasteiger partial charge in [-0.15, -0.1) is 0 Å². The van der Waals surface area contributed by atoms with Crippen LogP contribution in [0, 0.1) is 0 Å². The number of hydrogen-bond donors (Lipinski definition) is 1. The van der Waals surface area contributed by atoms with E-state index in [1.54, 1.807) is 17.0 Å². The molecule has 2 amide bonds. The van der Waals surface area contributed by atoms with Crippen molar-refractivity contribution < 1.29 is 19.1 Å². The summed E-state index contributed by atoms with van der Waals surface area (Å²) in [4.78, 5) is 40.6. The zero-order chi connectivity index (χ0) is 19.9. The summed E-state index contributed by atoms with van der Waals surface area (Å²) in [5.41, 5.74) is 1.35. The molecule has 3 rings (SSSR count). The summed E-state index contributed by atoms with van der Waals surface area (Å²) < 4.78 is 5.05. The van der Waals surface area contributed by atoms with Crippen LogP contribution in [-0.2, 0) is 9.59 Å². The summed E-state index contributed by atoms with van der Waals surface area (Å²) in [7, 11) is 1.49. The monoisotopic (exact) mass is 381 g/mol. The molecule has 1 fully saturated rings. The molecule has 0 aliphatic carbocycles. The van der Waals surface area contributed by atoms with Gasteiger partial charge in [-0.05, 0) is 24.3 Å². The maximum Gasteiger partial charge on any atom is 0.292 e. The van der Waals surface area contributed by atoms with E-state index in [0.717, 1.165) is 18.8 Å². The van der Waals surface area contributed by atoms with Crippen LogP contribution in [0.3, 0.4) is 0 Å². The van der Waals surface area contributed by atoms with Gasteiger partial charge in [0.05, 0.1) is 13.7 Å². The summed E-state index contributed by atoms with van der Waals surface area (Å²) in [5, 5.41) is 2.42. The zero-order valence-electron chi connectivity index (χ0n) is 15.8. The van der Waals surface area contributed by atoms with Crippen molar-refractivity contribution in [2.24, 2.45) is 0 Å². The molecule has 0 bridgehead atoms.